The van der Waals surface area contributed by atoms with Crippen LogP contribution in [0.1, 0.15) is 24.2 Å². The summed E-state index contributed by atoms with van der Waals surface area (Å²) in [5.74, 6) is -0.160. The van der Waals surface area contributed by atoms with Gasteiger partial charge in [-0.1, -0.05) is 6.92 Å². The number of carbonyl (C=O) groups excluding carboxylic acids is 1. The molecule has 0 fully saturated rings. The molecule has 0 aliphatic rings. The summed E-state index contributed by atoms with van der Waals surface area (Å²) in [4.78, 5) is 13.3. The molecule has 0 heterocycles. The number of sulfonamides is 1. The predicted octanol–water partition coefficient (Wildman–Crippen LogP) is 0.665. The Bertz CT molecular complexity index is 568. The first kappa shape index (κ1) is 17.6. The summed E-state index contributed by atoms with van der Waals surface area (Å²) in [5, 5.41) is 3.13. The highest BCUT2D eigenvalue weighted by atomic mass is 32.2. The van der Waals surface area contributed by atoms with Gasteiger partial charge in [-0.2, -0.15) is 0 Å². The zero-order chi connectivity index (χ0) is 16.0. The molecule has 0 unspecified atom stereocenters. The molecular weight excluding hydrogens is 290 g/mol. The minimum atomic E-state index is -3.55. The van der Waals surface area contributed by atoms with E-state index in [-0.39, 0.29) is 16.8 Å². The number of hydrogen-bond acceptors (Lipinski definition) is 4. The summed E-state index contributed by atoms with van der Waals surface area (Å²) in [6.07, 6.45) is 0. The van der Waals surface area contributed by atoms with Gasteiger partial charge in [0.05, 0.1) is 4.90 Å². The van der Waals surface area contributed by atoms with Crippen molar-refractivity contribution in [3.8, 4) is 0 Å². The Hall–Kier alpha value is -1.44. The lowest BCUT2D eigenvalue weighted by Gasteiger charge is -2.14. The van der Waals surface area contributed by atoms with Crippen LogP contribution in [0.15, 0.2) is 29.2 Å². The molecule has 0 bridgehead atoms. The van der Waals surface area contributed by atoms with E-state index in [0.29, 0.717) is 12.1 Å². The second kappa shape index (κ2) is 7.53. The molecule has 1 aromatic rings. The third-order valence-electron chi connectivity index (χ3n) is 2.95. The Labute approximate surface area is 126 Å². The van der Waals surface area contributed by atoms with Crippen LogP contribution in [0.5, 0.6) is 0 Å². The van der Waals surface area contributed by atoms with E-state index in [1.807, 2.05) is 13.8 Å². The number of hydrogen-bond donors (Lipinski definition) is 2. The molecule has 7 heteroatoms. The fourth-order valence-electron chi connectivity index (χ4n) is 1.77. The maximum absolute atomic E-state index is 12.1. The molecule has 0 aliphatic heterocycles. The van der Waals surface area contributed by atoms with Crippen molar-refractivity contribution < 1.29 is 13.2 Å². The third kappa shape index (κ3) is 5.11. The molecule has 0 spiro atoms. The summed E-state index contributed by atoms with van der Waals surface area (Å²) in [7, 11) is -0.252. The Kier molecular flexibility index (Phi) is 6.32. The quantitative estimate of drug-likeness (QED) is 0.775. The zero-order valence-corrected chi connectivity index (χ0v) is 13.7. The number of nitrogens with one attached hydrogen (secondary N) is 2. The number of benzene rings is 1. The van der Waals surface area contributed by atoms with Gasteiger partial charge in [0.15, 0.2) is 0 Å². The van der Waals surface area contributed by atoms with E-state index >= 15 is 0 Å². The maximum atomic E-state index is 12.1. The molecule has 0 aliphatic carbocycles. The number of nitrogens with zero attached hydrogens (tertiary/aromatic N) is 1. The SMILES string of the molecule is CCN[C@H](C)CNS(=O)(=O)c1ccc(C(=O)N(C)C)cc1. The van der Waals surface area contributed by atoms with Crippen LogP contribution < -0.4 is 10.0 Å². The molecule has 1 aromatic carbocycles. The van der Waals surface area contributed by atoms with Crippen LogP contribution in [0.25, 0.3) is 0 Å². The van der Waals surface area contributed by atoms with Crippen molar-refractivity contribution in [3.63, 3.8) is 0 Å². The molecule has 1 atom stereocenters. The highest BCUT2D eigenvalue weighted by Gasteiger charge is 2.16. The topological polar surface area (TPSA) is 78.5 Å². The summed E-state index contributed by atoms with van der Waals surface area (Å²) < 4.78 is 26.8. The molecule has 0 radical (unpaired) electrons. The molecule has 1 amide bonds. The number of rotatable bonds is 7. The van der Waals surface area contributed by atoms with Crippen molar-refractivity contribution in [3.05, 3.63) is 29.8 Å². The molecule has 2 N–H and O–H groups in total. The average Bonchev–Trinajstić information content (AvgIpc) is 2.45. The van der Waals surface area contributed by atoms with Gasteiger partial charge in [-0.15, -0.1) is 0 Å². The van der Waals surface area contributed by atoms with Crippen LogP contribution in [0, 0.1) is 0 Å². The summed E-state index contributed by atoms with van der Waals surface area (Å²) in [6.45, 7) is 4.97. The molecule has 21 heavy (non-hydrogen) atoms. The first-order valence-corrected chi connectivity index (χ1v) is 8.31. The molecule has 118 valence electrons. The molecule has 1 rings (SSSR count). The van der Waals surface area contributed by atoms with E-state index in [4.69, 9.17) is 0 Å². The average molecular weight is 313 g/mol. The molecular formula is C14H23N3O3S. The molecule has 0 aromatic heterocycles. The first-order valence-electron chi connectivity index (χ1n) is 6.82. The minimum Gasteiger partial charge on any atom is -0.345 e. The van der Waals surface area contributed by atoms with Crippen molar-refractivity contribution in [2.45, 2.75) is 24.8 Å². The van der Waals surface area contributed by atoms with Crippen molar-refractivity contribution >= 4 is 15.9 Å². The van der Waals surface area contributed by atoms with Crippen molar-refractivity contribution in [2.24, 2.45) is 0 Å². The van der Waals surface area contributed by atoms with Gasteiger partial charge in [0.25, 0.3) is 5.91 Å². The molecule has 6 nitrogen and oxygen atoms in total. The maximum Gasteiger partial charge on any atom is 0.253 e. The lowest BCUT2D eigenvalue weighted by Crippen LogP contribution is -2.38. The van der Waals surface area contributed by atoms with Gasteiger partial charge in [0.1, 0.15) is 0 Å². The Balaban J connectivity index is 2.78. The van der Waals surface area contributed by atoms with Gasteiger partial charge in [0, 0.05) is 32.2 Å². The normalized spacial score (nSPS) is 13.0. The van der Waals surface area contributed by atoms with Crippen molar-refractivity contribution in [2.75, 3.05) is 27.2 Å². The summed E-state index contributed by atoms with van der Waals surface area (Å²) in [6, 6.07) is 5.97. The van der Waals surface area contributed by atoms with Crippen LogP contribution in [0.2, 0.25) is 0 Å². The van der Waals surface area contributed by atoms with Gasteiger partial charge < -0.3 is 10.2 Å². The smallest absolute Gasteiger partial charge is 0.253 e. The van der Waals surface area contributed by atoms with E-state index in [1.165, 1.54) is 29.2 Å². The number of likely N-dealkylation sites (N-methyl/N-ethyl adjacent to an activating group) is 1. The Morgan fingerprint density at radius 3 is 2.29 bits per heavy atom. The Morgan fingerprint density at radius 2 is 1.81 bits per heavy atom. The largest absolute Gasteiger partial charge is 0.345 e. The van der Waals surface area contributed by atoms with Crippen LogP contribution in [0.3, 0.4) is 0 Å². The van der Waals surface area contributed by atoms with E-state index < -0.39 is 10.0 Å². The molecule has 0 saturated carbocycles. The summed E-state index contributed by atoms with van der Waals surface area (Å²) in [5.41, 5.74) is 0.458. The number of amides is 1. The second-order valence-corrected chi connectivity index (χ2v) is 6.80. The second-order valence-electron chi connectivity index (χ2n) is 5.03. The van der Waals surface area contributed by atoms with Crippen molar-refractivity contribution in [1.82, 2.24) is 14.9 Å². The number of carbonyl (C=O) groups is 1. The highest BCUT2D eigenvalue weighted by molar-refractivity contribution is 7.89. The van der Waals surface area contributed by atoms with Crippen LogP contribution >= 0.6 is 0 Å². The fraction of sp³-hybridized carbons (Fsp3) is 0.500. The van der Waals surface area contributed by atoms with Gasteiger partial charge >= 0.3 is 0 Å². The van der Waals surface area contributed by atoms with Gasteiger partial charge in [-0.25, -0.2) is 13.1 Å². The summed E-state index contributed by atoms with van der Waals surface area (Å²) >= 11 is 0. The monoisotopic (exact) mass is 313 g/mol. The lowest BCUT2D eigenvalue weighted by atomic mass is 10.2. The van der Waals surface area contributed by atoms with Crippen LogP contribution in [-0.2, 0) is 10.0 Å². The van der Waals surface area contributed by atoms with E-state index in [2.05, 4.69) is 10.0 Å². The zero-order valence-electron chi connectivity index (χ0n) is 12.9. The van der Waals surface area contributed by atoms with E-state index in [0.717, 1.165) is 6.54 Å². The van der Waals surface area contributed by atoms with E-state index in [1.54, 1.807) is 14.1 Å². The fourth-order valence-corrected chi connectivity index (χ4v) is 2.90. The third-order valence-corrected chi connectivity index (χ3v) is 4.39. The van der Waals surface area contributed by atoms with Gasteiger partial charge in [-0.05, 0) is 37.7 Å². The highest BCUT2D eigenvalue weighted by Crippen LogP contribution is 2.11. The minimum absolute atomic E-state index is 0.0550. The van der Waals surface area contributed by atoms with E-state index in [9.17, 15) is 13.2 Å². The predicted molar refractivity (Wildman–Crippen MR) is 82.8 cm³/mol. The standard InChI is InChI=1S/C14H23N3O3S/c1-5-15-11(2)10-16-21(19,20)13-8-6-12(7-9-13)14(18)17(3)4/h6-9,11,15-16H,5,10H2,1-4H3/t11-/m1/s1. The van der Waals surface area contributed by atoms with Crippen molar-refractivity contribution in [1.29, 1.82) is 0 Å². The Morgan fingerprint density at radius 1 is 1.24 bits per heavy atom. The van der Waals surface area contributed by atoms with Crippen LogP contribution in [-0.4, -0.2) is 52.5 Å². The van der Waals surface area contributed by atoms with Gasteiger partial charge in [-0.3, -0.25) is 4.79 Å². The molecule has 0 saturated heterocycles. The first-order chi connectivity index (χ1) is 9.77. The lowest BCUT2D eigenvalue weighted by molar-refractivity contribution is 0.0827. The van der Waals surface area contributed by atoms with Gasteiger partial charge in [0.2, 0.25) is 10.0 Å². The van der Waals surface area contributed by atoms with Crippen LogP contribution in [0.4, 0.5) is 0 Å².